The number of rotatable bonds is 8. The lowest BCUT2D eigenvalue weighted by Crippen LogP contribution is -2.10. The van der Waals surface area contributed by atoms with Gasteiger partial charge in [-0.25, -0.2) is 4.98 Å². The van der Waals surface area contributed by atoms with Crippen LogP contribution in [0.3, 0.4) is 0 Å². The maximum Gasteiger partial charge on any atom is 0.273 e. The van der Waals surface area contributed by atoms with Gasteiger partial charge in [0.2, 0.25) is 17.7 Å². The molecule has 0 aliphatic carbocycles. The molecule has 0 atom stereocenters. The van der Waals surface area contributed by atoms with Crippen molar-refractivity contribution < 1.29 is 19.2 Å². The van der Waals surface area contributed by atoms with Crippen LogP contribution in [0.4, 0.5) is 11.6 Å². The Bertz CT molecular complexity index is 1300. The van der Waals surface area contributed by atoms with E-state index in [2.05, 4.69) is 10.3 Å². The first-order valence-corrected chi connectivity index (χ1v) is 11.3. The highest BCUT2D eigenvalue weighted by molar-refractivity contribution is 7.13. The number of thiophene rings is 1. The molecule has 33 heavy (non-hydrogen) atoms. The van der Waals surface area contributed by atoms with Crippen LogP contribution >= 0.6 is 11.3 Å². The average molecular weight is 464 g/mol. The predicted octanol–water partition coefficient (Wildman–Crippen LogP) is 6.48. The molecule has 4 aromatic rings. The number of nitro groups is 1. The Morgan fingerprint density at radius 2 is 1.94 bits per heavy atom. The molecule has 0 saturated heterocycles. The van der Waals surface area contributed by atoms with Gasteiger partial charge in [0.25, 0.3) is 5.69 Å². The van der Waals surface area contributed by atoms with Gasteiger partial charge in [-0.2, -0.15) is 0 Å². The minimum atomic E-state index is -0.565. The van der Waals surface area contributed by atoms with Gasteiger partial charge in [0, 0.05) is 23.6 Å². The number of aromatic hydroxyl groups is 1. The van der Waals surface area contributed by atoms with Gasteiger partial charge in [-0.15, -0.1) is 11.3 Å². The van der Waals surface area contributed by atoms with Crippen LogP contribution in [0.5, 0.6) is 5.75 Å². The first-order chi connectivity index (χ1) is 16.0. The van der Waals surface area contributed by atoms with E-state index in [1.54, 1.807) is 24.3 Å². The van der Waals surface area contributed by atoms with Crippen LogP contribution in [0.15, 0.2) is 64.4 Å². The molecule has 0 bridgehead atoms. The molecule has 0 spiro atoms. The quantitative estimate of drug-likeness (QED) is 0.228. The number of nitrogens with zero attached hydrogens (tertiary/aromatic N) is 2. The van der Waals surface area contributed by atoms with Crippen LogP contribution in [0.2, 0.25) is 0 Å². The number of anilines is 1. The monoisotopic (exact) mass is 463 g/mol. The van der Waals surface area contributed by atoms with E-state index in [1.165, 1.54) is 23.5 Å². The van der Waals surface area contributed by atoms with Gasteiger partial charge in [-0.1, -0.05) is 37.6 Å². The molecule has 2 heterocycles. The Hall–Kier alpha value is -3.98. The minimum absolute atomic E-state index is 0.154. The number of carbonyl (C=O) groups is 1. The van der Waals surface area contributed by atoms with E-state index in [0.717, 1.165) is 23.8 Å². The summed E-state index contributed by atoms with van der Waals surface area (Å²) in [7, 11) is 0. The van der Waals surface area contributed by atoms with Crippen molar-refractivity contribution in [3.8, 4) is 38.9 Å². The molecule has 2 N–H and O–H groups in total. The van der Waals surface area contributed by atoms with Crippen molar-refractivity contribution in [1.82, 2.24) is 4.98 Å². The summed E-state index contributed by atoms with van der Waals surface area (Å²) in [6, 6.07) is 14.8. The summed E-state index contributed by atoms with van der Waals surface area (Å²) < 4.78 is 6.01. The van der Waals surface area contributed by atoms with Crippen LogP contribution in [-0.4, -0.2) is 20.9 Å². The lowest BCUT2D eigenvalue weighted by molar-refractivity contribution is -0.384. The maximum absolute atomic E-state index is 12.4. The Morgan fingerprint density at radius 3 is 2.61 bits per heavy atom. The lowest BCUT2D eigenvalue weighted by Gasteiger charge is -2.09. The Labute approximate surface area is 193 Å². The van der Waals surface area contributed by atoms with E-state index in [0.29, 0.717) is 28.8 Å². The SMILES string of the molecule is CCCCC(=O)Nc1oc(-c2ccccc2-c2ccc([N+](=O)[O-])cc2O)nc1-c1cccs1. The Kier molecular flexibility index (Phi) is 6.50. The van der Waals surface area contributed by atoms with Crippen LogP contribution in [0, 0.1) is 10.1 Å². The van der Waals surface area contributed by atoms with E-state index in [4.69, 9.17) is 4.42 Å². The van der Waals surface area contributed by atoms with Crippen LogP contribution in [0.25, 0.3) is 33.2 Å². The fourth-order valence-electron chi connectivity index (χ4n) is 3.39. The molecule has 0 saturated carbocycles. The highest BCUT2D eigenvalue weighted by Crippen LogP contribution is 2.41. The number of nitrogens with one attached hydrogen (secondary N) is 1. The molecule has 0 radical (unpaired) electrons. The minimum Gasteiger partial charge on any atom is -0.507 e. The zero-order valence-corrected chi connectivity index (χ0v) is 18.6. The summed E-state index contributed by atoms with van der Waals surface area (Å²) >= 11 is 1.47. The summed E-state index contributed by atoms with van der Waals surface area (Å²) in [6.07, 6.45) is 2.05. The number of phenols is 1. The summed E-state index contributed by atoms with van der Waals surface area (Å²) in [5.41, 5.74) is 1.89. The number of oxazole rings is 1. The smallest absolute Gasteiger partial charge is 0.273 e. The van der Waals surface area contributed by atoms with E-state index in [1.807, 2.05) is 24.4 Å². The standard InChI is InChI=1S/C24H21N3O5S/c1-2-3-10-21(29)25-24-22(20-9-6-13-33-20)26-23(32-24)18-8-5-4-7-16(18)17-12-11-15(27(30)31)14-19(17)28/h4-9,11-14,28H,2-3,10H2,1H3,(H,25,29). The molecule has 0 fully saturated rings. The second-order valence-electron chi connectivity index (χ2n) is 7.33. The molecule has 9 heteroatoms. The van der Waals surface area contributed by atoms with Crippen molar-refractivity contribution in [2.45, 2.75) is 26.2 Å². The molecule has 0 aliphatic rings. The lowest BCUT2D eigenvalue weighted by atomic mass is 9.98. The highest BCUT2D eigenvalue weighted by atomic mass is 32.1. The van der Waals surface area contributed by atoms with Gasteiger partial charge in [0.15, 0.2) is 0 Å². The first-order valence-electron chi connectivity index (χ1n) is 10.4. The second kappa shape index (κ2) is 9.66. The van der Waals surface area contributed by atoms with Crippen molar-refractivity contribution in [3.63, 3.8) is 0 Å². The number of amides is 1. The zero-order chi connectivity index (χ0) is 23.4. The molecular formula is C24H21N3O5S. The first kappa shape index (κ1) is 22.2. The number of hydrogen-bond acceptors (Lipinski definition) is 7. The van der Waals surface area contributed by atoms with Crippen molar-refractivity contribution in [1.29, 1.82) is 0 Å². The molecular weight excluding hydrogens is 442 g/mol. The number of phenolic OH excluding ortho intramolecular Hbond substituents is 1. The van der Waals surface area contributed by atoms with E-state index in [-0.39, 0.29) is 29.1 Å². The molecule has 168 valence electrons. The molecule has 1 amide bonds. The highest BCUT2D eigenvalue weighted by Gasteiger charge is 2.22. The fourth-order valence-corrected chi connectivity index (χ4v) is 4.10. The Balaban J connectivity index is 1.78. The van der Waals surface area contributed by atoms with E-state index in [9.17, 15) is 20.0 Å². The molecule has 8 nitrogen and oxygen atoms in total. The average Bonchev–Trinajstić information content (AvgIpc) is 3.47. The third-order valence-corrected chi connectivity index (χ3v) is 5.91. The van der Waals surface area contributed by atoms with Crippen LogP contribution < -0.4 is 5.32 Å². The third-order valence-electron chi connectivity index (χ3n) is 5.03. The fraction of sp³-hybridized carbons (Fsp3) is 0.167. The van der Waals surface area contributed by atoms with E-state index < -0.39 is 4.92 Å². The summed E-state index contributed by atoms with van der Waals surface area (Å²) in [4.78, 5) is 28.3. The van der Waals surface area contributed by atoms with E-state index >= 15 is 0 Å². The summed E-state index contributed by atoms with van der Waals surface area (Å²) in [6.45, 7) is 2.02. The van der Waals surface area contributed by atoms with Crippen LogP contribution in [0.1, 0.15) is 26.2 Å². The number of aromatic nitrogens is 1. The number of hydrogen-bond donors (Lipinski definition) is 2. The molecule has 2 aromatic heterocycles. The Morgan fingerprint density at radius 1 is 1.15 bits per heavy atom. The summed E-state index contributed by atoms with van der Waals surface area (Å²) in [5, 5.41) is 26.2. The number of non-ortho nitro benzene ring substituents is 1. The molecule has 0 unspecified atom stereocenters. The molecule has 0 aliphatic heterocycles. The van der Waals surface area contributed by atoms with Gasteiger partial charge in [0.1, 0.15) is 11.4 Å². The zero-order valence-electron chi connectivity index (χ0n) is 17.8. The predicted molar refractivity (Wildman–Crippen MR) is 127 cm³/mol. The molecule has 4 rings (SSSR count). The van der Waals surface area contributed by atoms with Crippen molar-refractivity contribution in [2.75, 3.05) is 5.32 Å². The van der Waals surface area contributed by atoms with Crippen molar-refractivity contribution in [2.24, 2.45) is 0 Å². The third kappa shape index (κ3) is 4.78. The maximum atomic E-state index is 12.4. The van der Waals surface area contributed by atoms with Gasteiger partial charge in [-0.05, 0) is 35.6 Å². The number of nitro benzene ring substituents is 1. The van der Waals surface area contributed by atoms with Gasteiger partial charge >= 0.3 is 0 Å². The van der Waals surface area contributed by atoms with Gasteiger partial charge < -0.3 is 9.52 Å². The van der Waals surface area contributed by atoms with Crippen molar-refractivity contribution in [3.05, 3.63) is 70.1 Å². The largest absolute Gasteiger partial charge is 0.507 e. The van der Waals surface area contributed by atoms with Gasteiger partial charge in [0.05, 0.1) is 15.9 Å². The van der Waals surface area contributed by atoms with Crippen molar-refractivity contribution >= 4 is 28.8 Å². The normalized spacial score (nSPS) is 10.8. The molecule has 2 aromatic carbocycles. The number of carbonyl (C=O) groups excluding carboxylic acids is 1. The number of unbranched alkanes of at least 4 members (excludes halogenated alkanes) is 1. The van der Waals surface area contributed by atoms with Gasteiger partial charge in [-0.3, -0.25) is 20.2 Å². The summed E-state index contributed by atoms with van der Waals surface area (Å²) in [5.74, 6) is 0.141. The topological polar surface area (TPSA) is 118 Å². The second-order valence-corrected chi connectivity index (χ2v) is 8.28. The van der Waals surface area contributed by atoms with Crippen LogP contribution in [-0.2, 0) is 4.79 Å². The number of benzene rings is 2.